The first-order valence-electron chi connectivity index (χ1n) is 11.8. The van der Waals surface area contributed by atoms with Crippen molar-refractivity contribution in [3.05, 3.63) is 78.4 Å². The number of ether oxygens (including phenoxy) is 2. The molecular weight excluding hydrogens is 424 g/mol. The van der Waals surface area contributed by atoms with Gasteiger partial charge in [-0.15, -0.1) is 0 Å². The topological polar surface area (TPSA) is 59.5 Å². The standard InChI is InChI=1S/C28H30N4O2/c1-20-7-11-23(12-8-20)34-24-13-9-22(10-14-24)29-27-25-5-3-4-6-26(25)30-28(31-27)33-19-21-15-17-32(2)18-16-21/h3-14,21H,15-19H2,1-2H3,(H,29,30,31). The number of aryl methyl sites for hydroxylation is 1. The summed E-state index contributed by atoms with van der Waals surface area (Å²) >= 11 is 0. The number of anilines is 2. The number of aromatic nitrogens is 2. The number of hydrogen-bond donors (Lipinski definition) is 1. The molecule has 1 saturated heterocycles. The van der Waals surface area contributed by atoms with E-state index in [-0.39, 0.29) is 0 Å². The third kappa shape index (κ3) is 5.46. The quantitative estimate of drug-likeness (QED) is 0.359. The molecule has 5 rings (SSSR count). The maximum Gasteiger partial charge on any atom is 0.318 e. The van der Waals surface area contributed by atoms with Crippen LogP contribution < -0.4 is 14.8 Å². The molecule has 6 heteroatoms. The zero-order chi connectivity index (χ0) is 23.3. The molecule has 1 aliphatic rings. The first-order chi connectivity index (χ1) is 16.6. The Bertz CT molecular complexity index is 1230. The molecule has 0 spiro atoms. The van der Waals surface area contributed by atoms with Gasteiger partial charge in [-0.2, -0.15) is 9.97 Å². The van der Waals surface area contributed by atoms with Gasteiger partial charge in [-0.3, -0.25) is 0 Å². The SMILES string of the molecule is Cc1ccc(Oc2ccc(Nc3nc(OCC4CCN(C)CC4)nc4ccccc34)cc2)cc1. The minimum atomic E-state index is 0.416. The van der Waals surface area contributed by atoms with Crippen molar-refractivity contribution in [2.75, 3.05) is 32.1 Å². The van der Waals surface area contributed by atoms with Crippen molar-refractivity contribution in [1.82, 2.24) is 14.9 Å². The van der Waals surface area contributed by atoms with E-state index in [0.717, 1.165) is 59.8 Å². The molecule has 34 heavy (non-hydrogen) atoms. The number of benzene rings is 3. The number of nitrogens with one attached hydrogen (secondary N) is 1. The van der Waals surface area contributed by atoms with E-state index in [0.29, 0.717) is 18.5 Å². The van der Waals surface area contributed by atoms with Gasteiger partial charge >= 0.3 is 6.01 Å². The summed E-state index contributed by atoms with van der Waals surface area (Å²) in [5.74, 6) is 2.88. The highest BCUT2D eigenvalue weighted by molar-refractivity contribution is 5.91. The van der Waals surface area contributed by atoms with E-state index in [4.69, 9.17) is 14.5 Å². The maximum absolute atomic E-state index is 6.06. The molecule has 2 heterocycles. The van der Waals surface area contributed by atoms with Crippen LogP contribution in [0.1, 0.15) is 18.4 Å². The summed E-state index contributed by atoms with van der Waals surface area (Å²) in [5.41, 5.74) is 2.98. The van der Waals surface area contributed by atoms with Crippen LogP contribution in [0.15, 0.2) is 72.8 Å². The van der Waals surface area contributed by atoms with Gasteiger partial charge in [0.15, 0.2) is 0 Å². The van der Waals surface area contributed by atoms with Crippen LogP contribution in [0.3, 0.4) is 0 Å². The fourth-order valence-corrected chi connectivity index (χ4v) is 4.12. The highest BCUT2D eigenvalue weighted by Gasteiger charge is 2.18. The number of rotatable bonds is 7. The van der Waals surface area contributed by atoms with Gasteiger partial charge < -0.3 is 19.7 Å². The van der Waals surface area contributed by atoms with E-state index in [9.17, 15) is 0 Å². The second kappa shape index (κ2) is 10.1. The Morgan fingerprint density at radius 1 is 0.882 bits per heavy atom. The number of nitrogens with zero attached hydrogens (tertiary/aromatic N) is 3. The van der Waals surface area contributed by atoms with Crippen LogP contribution in [-0.4, -0.2) is 41.6 Å². The van der Waals surface area contributed by atoms with Crippen LogP contribution in [0.4, 0.5) is 11.5 Å². The third-order valence-corrected chi connectivity index (χ3v) is 6.24. The van der Waals surface area contributed by atoms with E-state index in [2.05, 4.69) is 29.2 Å². The van der Waals surface area contributed by atoms with Crippen molar-refractivity contribution < 1.29 is 9.47 Å². The smallest absolute Gasteiger partial charge is 0.318 e. The molecule has 174 valence electrons. The van der Waals surface area contributed by atoms with Crippen LogP contribution in [0, 0.1) is 12.8 Å². The first kappa shape index (κ1) is 22.2. The fourth-order valence-electron chi connectivity index (χ4n) is 4.12. The minimum absolute atomic E-state index is 0.416. The van der Waals surface area contributed by atoms with Crippen LogP contribution in [0.5, 0.6) is 17.5 Å². The van der Waals surface area contributed by atoms with Crippen molar-refractivity contribution >= 4 is 22.4 Å². The van der Waals surface area contributed by atoms with Crippen LogP contribution in [0.2, 0.25) is 0 Å². The summed E-state index contributed by atoms with van der Waals surface area (Å²) in [6.07, 6.45) is 2.29. The van der Waals surface area contributed by atoms with Gasteiger partial charge in [-0.25, -0.2) is 0 Å². The predicted octanol–water partition coefficient (Wildman–Crippen LogP) is 6.19. The van der Waals surface area contributed by atoms with Crippen LogP contribution in [-0.2, 0) is 0 Å². The summed E-state index contributed by atoms with van der Waals surface area (Å²) in [6, 6.07) is 24.3. The van der Waals surface area contributed by atoms with Gasteiger partial charge in [-0.1, -0.05) is 29.8 Å². The van der Waals surface area contributed by atoms with E-state index in [1.165, 1.54) is 5.56 Å². The number of hydrogen-bond acceptors (Lipinski definition) is 6. The largest absolute Gasteiger partial charge is 0.463 e. The van der Waals surface area contributed by atoms with E-state index >= 15 is 0 Å². The molecule has 1 aromatic heterocycles. The fraction of sp³-hybridized carbons (Fsp3) is 0.286. The molecule has 0 atom stereocenters. The Kier molecular flexibility index (Phi) is 6.58. The average Bonchev–Trinajstić information content (AvgIpc) is 2.86. The molecule has 0 amide bonds. The predicted molar refractivity (Wildman–Crippen MR) is 136 cm³/mol. The molecule has 0 bridgehead atoms. The van der Waals surface area contributed by atoms with Crippen molar-refractivity contribution in [3.63, 3.8) is 0 Å². The molecule has 0 unspecified atom stereocenters. The van der Waals surface area contributed by atoms with Crippen LogP contribution in [0.25, 0.3) is 10.9 Å². The molecular formula is C28H30N4O2. The Morgan fingerprint density at radius 2 is 1.56 bits per heavy atom. The molecule has 3 aromatic carbocycles. The van der Waals surface area contributed by atoms with Gasteiger partial charge in [0.1, 0.15) is 17.3 Å². The normalized spacial score (nSPS) is 14.8. The molecule has 4 aromatic rings. The number of likely N-dealkylation sites (tertiary alicyclic amines) is 1. The highest BCUT2D eigenvalue weighted by Crippen LogP contribution is 2.28. The van der Waals surface area contributed by atoms with Crippen LogP contribution >= 0.6 is 0 Å². The Labute approximate surface area is 200 Å². The van der Waals surface area contributed by atoms with Gasteiger partial charge in [-0.05, 0) is 94.4 Å². The summed E-state index contributed by atoms with van der Waals surface area (Å²) in [4.78, 5) is 11.7. The summed E-state index contributed by atoms with van der Waals surface area (Å²) < 4.78 is 12.0. The Morgan fingerprint density at radius 3 is 2.29 bits per heavy atom. The van der Waals surface area contributed by atoms with E-state index in [1.807, 2.05) is 72.8 Å². The molecule has 1 aliphatic heterocycles. The molecule has 1 fully saturated rings. The summed E-state index contributed by atoms with van der Waals surface area (Å²) in [6.45, 7) is 4.94. The Balaban J connectivity index is 1.30. The second-order valence-corrected chi connectivity index (χ2v) is 8.99. The molecule has 1 N–H and O–H groups in total. The number of fused-ring (bicyclic) bond motifs is 1. The van der Waals surface area contributed by atoms with Crippen molar-refractivity contribution in [2.24, 2.45) is 5.92 Å². The summed E-state index contributed by atoms with van der Waals surface area (Å²) in [5, 5.41) is 4.39. The lowest BCUT2D eigenvalue weighted by atomic mass is 9.98. The number of piperidine rings is 1. The minimum Gasteiger partial charge on any atom is -0.463 e. The molecule has 0 radical (unpaired) electrons. The number of para-hydroxylation sites is 1. The lowest BCUT2D eigenvalue weighted by Gasteiger charge is -2.28. The molecule has 6 nitrogen and oxygen atoms in total. The Hall–Kier alpha value is -3.64. The van der Waals surface area contributed by atoms with Gasteiger partial charge in [0.05, 0.1) is 12.1 Å². The van der Waals surface area contributed by atoms with E-state index < -0.39 is 0 Å². The monoisotopic (exact) mass is 454 g/mol. The first-order valence-corrected chi connectivity index (χ1v) is 11.8. The van der Waals surface area contributed by atoms with Gasteiger partial charge in [0.25, 0.3) is 0 Å². The highest BCUT2D eigenvalue weighted by atomic mass is 16.5. The molecule has 0 saturated carbocycles. The lowest BCUT2D eigenvalue weighted by molar-refractivity contribution is 0.154. The average molecular weight is 455 g/mol. The lowest BCUT2D eigenvalue weighted by Crippen LogP contribution is -2.32. The van der Waals surface area contributed by atoms with Crippen molar-refractivity contribution in [3.8, 4) is 17.5 Å². The third-order valence-electron chi connectivity index (χ3n) is 6.24. The summed E-state index contributed by atoms with van der Waals surface area (Å²) in [7, 11) is 2.17. The zero-order valence-corrected chi connectivity index (χ0v) is 19.7. The van der Waals surface area contributed by atoms with Crippen molar-refractivity contribution in [1.29, 1.82) is 0 Å². The van der Waals surface area contributed by atoms with Gasteiger partial charge in [0, 0.05) is 11.1 Å². The maximum atomic E-state index is 6.06. The van der Waals surface area contributed by atoms with Crippen molar-refractivity contribution in [2.45, 2.75) is 19.8 Å². The second-order valence-electron chi connectivity index (χ2n) is 8.99. The van der Waals surface area contributed by atoms with Gasteiger partial charge in [0.2, 0.25) is 0 Å². The van der Waals surface area contributed by atoms with E-state index in [1.54, 1.807) is 0 Å². The molecule has 0 aliphatic carbocycles. The zero-order valence-electron chi connectivity index (χ0n) is 19.7.